The van der Waals surface area contributed by atoms with E-state index in [0.717, 1.165) is 57.2 Å². The van der Waals surface area contributed by atoms with Crippen molar-refractivity contribution in [2.45, 2.75) is 48.2 Å². The van der Waals surface area contributed by atoms with Gasteiger partial charge in [0.15, 0.2) is 11.2 Å². The van der Waals surface area contributed by atoms with Crippen LogP contribution in [0.3, 0.4) is 0 Å². The first-order valence-electron chi connectivity index (χ1n) is 24.0. The molecule has 0 aliphatic carbocycles. The molecule has 10 rings (SSSR count). The third-order valence-corrected chi connectivity index (χ3v) is 12.8. The molecule has 0 unspecified atom stereocenters. The van der Waals surface area contributed by atoms with Crippen molar-refractivity contribution in [1.29, 1.82) is 0 Å². The number of rotatable bonds is 12. The summed E-state index contributed by atoms with van der Waals surface area (Å²) in [6.45, 7) is 13.2. The maximum Gasteiger partial charge on any atom is 0.335 e. The number of furan rings is 2. The van der Waals surface area contributed by atoms with Crippen LogP contribution in [0.4, 0.5) is 11.6 Å². The average molecular weight is 1100 g/mol. The van der Waals surface area contributed by atoms with Gasteiger partial charge in [0.25, 0.3) is 5.91 Å². The van der Waals surface area contributed by atoms with Crippen LogP contribution in [-0.4, -0.2) is 69.8 Å². The Morgan fingerprint density at radius 1 is 0.636 bits per heavy atom. The molecular weight excluding hydrogens is 1040 g/mol. The van der Waals surface area contributed by atoms with Crippen LogP contribution in [0.2, 0.25) is 10.0 Å². The first kappa shape index (κ1) is 58.3. The van der Waals surface area contributed by atoms with Crippen molar-refractivity contribution in [3.63, 3.8) is 0 Å². The Kier molecular flexibility index (Phi) is 19.1. The number of likely N-dealkylation sites (tertiary alicyclic amines) is 1. The zero-order chi connectivity index (χ0) is 53.4. The molecule has 8 aromatic rings. The molecule has 400 valence electrons. The van der Waals surface area contributed by atoms with E-state index < -0.39 is 5.97 Å². The molecule has 3 amide bonds. The van der Waals surface area contributed by atoms with Crippen molar-refractivity contribution in [2.24, 2.45) is 10.8 Å². The first-order chi connectivity index (χ1) is 35.8. The number of pyridine rings is 2. The summed E-state index contributed by atoms with van der Waals surface area (Å²) in [6, 6.07) is 32.1. The lowest BCUT2D eigenvalue weighted by atomic mass is 9.84. The normalized spacial score (nSPS) is 13.9. The summed E-state index contributed by atoms with van der Waals surface area (Å²) < 4.78 is 11.7. The van der Waals surface area contributed by atoms with E-state index in [1.807, 2.05) is 59.5 Å². The molecule has 4 aromatic heterocycles. The van der Waals surface area contributed by atoms with Crippen LogP contribution < -0.4 is 27.4 Å². The molecule has 15 nitrogen and oxygen atoms in total. The van der Waals surface area contributed by atoms with Crippen LogP contribution in [0.5, 0.6) is 0 Å². The lowest BCUT2D eigenvalue weighted by Crippen LogP contribution is -2.55. The maximum absolute atomic E-state index is 12.7. The first-order valence-corrected chi connectivity index (χ1v) is 24.7. The number of hydrogen-bond donors (Lipinski definition) is 6. The van der Waals surface area contributed by atoms with Gasteiger partial charge in [0.05, 0.1) is 28.7 Å². The number of aromatic nitrogens is 2. The number of carboxylic acid groups (broad SMARTS) is 1. The van der Waals surface area contributed by atoms with Crippen molar-refractivity contribution in [1.82, 2.24) is 30.8 Å². The highest BCUT2D eigenvalue weighted by atomic mass is 35.5. The van der Waals surface area contributed by atoms with E-state index in [-0.39, 0.29) is 61.6 Å². The topological polar surface area (TPSA) is 232 Å². The maximum atomic E-state index is 12.7. The molecule has 4 aromatic carbocycles. The molecule has 2 fully saturated rings. The van der Waals surface area contributed by atoms with Crippen LogP contribution in [0.25, 0.3) is 56.3 Å². The molecule has 8 N–H and O–H groups in total. The number of nitrogen functional groups attached to an aromatic ring is 2. The average Bonchev–Trinajstić information content (AvgIpc) is 4.01. The van der Waals surface area contributed by atoms with Gasteiger partial charge in [-0.3, -0.25) is 14.4 Å². The fourth-order valence-corrected chi connectivity index (χ4v) is 8.75. The second-order valence-electron chi connectivity index (χ2n) is 19.9. The van der Waals surface area contributed by atoms with E-state index >= 15 is 0 Å². The Hall–Kier alpha value is -7.95. The minimum atomic E-state index is -0.980. The van der Waals surface area contributed by atoms with E-state index in [1.54, 1.807) is 79.1 Å². The molecule has 77 heavy (non-hydrogen) atoms. The molecule has 0 saturated carbocycles. The smallest absolute Gasteiger partial charge is 0.335 e. The predicted molar refractivity (Wildman–Crippen MR) is 310 cm³/mol. The molecule has 0 spiro atoms. The van der Waals surface area contributed by atoms with Crippen LogP contribution in [0, 0.1) is 10.8 Å². The van der Waals surface area contributed by atoms with Crippen molar-refractivity contribution >= 4 is 105 Å². The lowest BCUT2D eigenvalue weighted by molar-refractivity contribution is -0.117. The Morgan fingerprint density at radius 2 is 1.05 bits per heavy atom. The summed E-state index contributed by atoms with van der Waals surface area (Å²) >= 11 is 12.9. The van der Waals surface area contributed by atoms with E-state index in [0.29, 0.717) is 55.3 Å². The Labute approximate surface area is 463 Å². The number of fused-ring (bicyclic) bond motifs is 2. The number of benzene rings is 4. The van der Waals surface area contributed by atoms with E-state index in [9.17, 15) is 19.2 Å². The number of nitrogens with two attached hydrogens (primary N) is 2. The van der Waals surface area contributed by atoms with Gasteiger partial charge in [0, 0.05) is 67.1 Å². The lowest BCUT2D eigenvalue weighted by Gasteiger charge is -2.45. The Bertz CT molecular complexity index is 3430. The number of anilines is 2. The Morgan fingerprint density at radius 3 is 1.40 bits per heavy atom. The van der Waals surface area contributed by atoms with Crippen LogP contribution >= 0.6 is 35.6 Å². The molecule has 6 heterocycles. The van der Waals surface area contributed by atoms with Gasteiger partial charge in [-0.05, 0) is 141 Å². The van der Waals surface area contributed by atoms with Crippen LogP contribution in [-0.2, 0) is 22.7 Å². The molecular formula is C59H61Cl3N8O7. The number of carboxylic acids is 1. The summed E-state index contributed by atoms with van der Waals surface area (Å²) in [5.41, 5.74) is 18.9. The number of carbonyl (C=O) groups excluding carboxylic acids is 3. The van der Waals surface area contributed by atoms with Crippen LogP contribution in [0.15, 0.2) is 143 Å². The SMILES string of the molecule is C.CC1(C)CN(C(=O)c2ccc(-c3cc(Cl)c4oc(CNC(=O)/C=C/c5ccc(N)nc5)cc4c3)cc2)C1.CC1(C)CNC1.Cl.Nc1ccc(/C=C/C(=O)NCc2cc3cc(-c4ccc(C(=O)O)cc4)cc(Cl)c3o2)cn1. The van der Waals surface area contributed by atoms with E-state index in [4.69, 9.17) is 48.6 Å². The van der Waals surface area contributed by atoms with Crippen molar-refractivity contribution in [3.05, 3.63) is 178 Å². The summed E-state index contributed by atoms with van der Waals surface area (Å²) in [4.78, 5) is 57.9. The highest BCUT2D eigenvalue weighted by molar-refractivity contribution is 6.35. The second kappa shape index (κ2) is 25.3. The quantitative estimate of drug-likeness (QED) is 0.0628. The number of amides is 3. The van der Waals surface area contributed by atoms with Gasteiger partial charge in [0.2, 0.25) is 11.8 Å². The van der Waals surface area contributed by atoms with Crippen molar-refractivity contribution in [3.8, 4) is 22.3 Å². The largest absolute Gasteiger partial charge is 0.478 e. The zero-order valence-electron chi connectivity index (χ0n) is 42.2. The monoisotopic (exact) mass is 1100 g/mol. The van der Waals surface area contributed by atoms with Gasteiger partial charge >= 0.3 is 5.97 Å². The third kappa shape index (κ3) is 15.6. The van der Waals surface area contributed by atoms with Gasteiger partial charge < -0.3 is 46.3 Å². The third-order valence-electron chi connectivity index (χ3n) is 12.3. The standard InChI is InChI=1S/C29H27ClN4O3.C24H18ClN3O4.C5H11N.CH4.ClH/c1-29(2)16-34(17-29)28(36)20-7-5-19(6-8-20)21-11-22-12-23(37-27(22)24(30)13-21)15-33-26(35)10-4-18-3-9-25(31)32-14-18;25-20-11-17(15-3-5-16(6-4-15)24(30)31)9-18-10-19(32-23(18)20)13-28-22(29)8-2-14-1-7-21(26)27-12-14;1-5(2)3-6-4-5;;/h3-14H,15-17H2,1-2H3,(H2,31,32)(H,33,35);1-12H,13H2,(H2,26,27)(H,28,29)(H,30,31);6H,3-4H2,1-2H3;1H4;1H/b10-4+;8-2+;;;. The van der Waals surface area contributed by atoms with Crippen LogP contribution in [0.1, 0.15) is 78.5 Å². The fourth-order valence-electron chi connectivity index (χ4n) is 8.22. The van der Waals surface area contributed by atoms with Gasteiger partial charge in [-0.25, -0.2) is 14.8 Å². The molecule has 2 aliphatic heterocycles. The highest BCUT2D eigenvalue weighted by Crippen LogP contribution is 2.36. The molecule has 0 atom stereocenters. The number of carbonyl (C=O) groups is 4. The van der Waals surface area contributed by atoms with Gasteiger partial charge in [-0.1, -0.05) is 82.6 Å². The zero-order valence-corrected chi connectivity index (χ0v) is 44.5. The fraction of sp³-hybridized carbons (Fsp3) is 0.220. The van der Waals surface area contributed by atoms with Crippen molar-refractivity contribution in [2.75, 3.05) is 37.6 Å². The Balaban J connectivity index is 0.000000221. The van der Waals surface area contributed by atoms with E-state index in [2.05, 4.69) is 53.6 Å². The number of hydrogen-bond acceptors (Lipinski definition) is 11. The highest BCUT2D eigenvalue weighted by Gasteiger charge is 2.37. The molecule has 2 aliphatic rings. The minimum absolute atomic E-state index is 0. The second-order valence-corrected chi connectivity index (χ2v) is 20.7. The predicted octanol–water partition coefficient (Wildman–Crippen LogP) is 12.0. The molecule has 0 radical (unpaired) electrons. The summed E-state index contributed by atoms with van der Waals surface area (Å²) in [5.74, 6) is 0.502. The van der Waals surface area contributed by atoms with Gasteiger partial charge in [-0.2, -0.15) is 0 Å². The molecule has 2 saturated heterocycles. The minimum Gasteiger partial charge on any atom is -0.478 e. The van der Waals surface area contributed by atoms with Gasteiger partial charge in [-0.15, -0.1) is 12.4 Å². The number of nitrogens with zero attached hydrogens (tertiary/aromatic N) is 3. The number of halogens is 3. The summed E-state index contributed by atoms with van der Waals surface area (Å²) in [5, 5.41) is 20.3. The number of aromatic carboxylic acids is 1. The summed E-state index contributed by atoms with van der Waals surface area (Å²) in [6.07, 6.45) is 9.30. The molecule has 18 heteroatoms. The number of nitrogens with one attached hydrogen (secondary N) is 3. The molecule has 0 bridgehead atoms. The van der Waals surface area contributed by atoms with Gasteiger partial charge in [0.1, 0.15) is 23.2 Å². The van der Waals surface area contributed by atoms with E-state index in [1.165, 1.54) is 25.2 Å². The summed E-state index contributed by atoms with van der Waals surface area (Å²) in [7, 11) is 0. The van der Waals surface area contributed by atoms with Crippen molar-refractivity contribution < 1.29 is 33.1 Å².